The van der Waals surface area contributed by atoms with Crippen molar-refractivity contribution in [1.29, 1.82) is 0 Å². The number of alkyl halides is 6. The molecule has 3 nitrogen and oxygen atoms in total. The molecular formula is C24H24F6O3. The van der Waals surface area contributed by atoms with E-state index in [0.29, 0.717) is 25.0 Å². The van der Waals surface area contributed by atoms with Crippen molar-refractivity contribution in [2.75, 3.05) is 0 Å². The minimum absolute atomic E-state index is 0.0190. The first-order chi connectivity index (χ1) is 15.4. The number of ether oxygens (including phenoxy) is 1. The van der Waals surface area contributed by atoms with E-state index in [4.69, 9.17) is 9.84 Å². The Labute approximate surface area is 187 Å². The highest BCUT2D eigenvalue weighted by Crippen LogP contribution is 2.43. The molecule has 0 heterocycles. The van der Waals surface area contributed by atoms with E-state index in [1.165, 1.54) is 0 Å². The summed E-state index contributed by atoms with van der Waals surface area (Å²) >= 11 is 0. The highest BCUT2D eigenvalue weighted by molar-refractivity contribution is 5.66. The largest absolute Gasteiger partial charge is 0.481 e. The van der Waals surface area contributed by atoms with Crippen molar-refractivity contribution >= 4 is 5.97 Å². The van der Waals surface area contributed by atoms with Crippen LogP contribution in [0.25, 0.3) is 0 Å². The lowest BCUT2D eigenvalue weighted by atomic mass is 9.71. The van der Waals surface area contributed by atoms with E-state index in [1.807, 2.05) is 30.3 Å². The third kappa shape index (κ3) is 6.72. The molecule has 0 bridgehead atoms. The Morgan fingerprint density at radius 1 is 0.939 bits per heavy atom. The SMILES string of the molecule is O=C(O)CCC1CCCC(OCc2cc(C(F)(F)F)cc(C(F)(F)F)c2)C1c1ccccc1. The van der Waals surface area contributed by atoms with Crippen LogP contribution in [-0.2, 0) is 28.5 Å². The van der Waals surface area contributed by atoms with Gasteiger partial charge in [0, 0.05) is 12.3 Å². The van der Waals surface area contributed by atoms with Gasteiger partial charge in [0.15, 0.2) is 0 Å². The zero-order valence-electron chi connectivity index (χ0n) is 17.6. The van der Waals surface area contributed by atoms with Gasteiger partial charge in [0.1, 0.15) is 0 Å². The molecule has 0 amide bonds. The van der Waals surface area contributed by atoms with Crippen molar-refractivity contribution in [1.82, 2.24) is 0 Å². The molecule has 0 radical (unpaired) electrons. The molecule has 2 aromatic rings. The fourth-order valence-corrected chi connectivity index (χ4v) is 4.53. The summed E-state index contributed by atoms with van der Waals surface area (Å²) in [6.45, 7) is -0.410. The van der Waals surface area contributed by atoms with E-state index in [9.17, 15) is 31.1 Å². The maximum Gasteiger partial charge on any atom is 0.416 e. The monoisotopic (exact) mass is 474 g/mol. The normalized spacial score (nSPS) is 21.7. The first kappa shape index (κ1) is 25.1. The molecule has 180 valence electrons. The van der Waals surface area contributed by atoms with Gasteiger partial charge >= 0.3 is 18.3 Å². The topological polar surface area (TPSA) is 46.5 Å². The van der Waals surface area contributed by atoms with Crippen molar-refractivity contribution in [3.8, 4) is 0 Å². The predicted molar refractivity (Wildman–Crippen MR) is 108 cm³/mol. The summed E-state index contributed by atoms with van der Waals surface area (Å²) in [4.78, 5) is 11.1. The van der Waals surface area contributed by atoms with Crippen LogP contribution in [0, 0.1) is 5.92 Å². The van der Waals surface area contributed by atoms with Crippen molar-refractivity contribution in [2.45, 2.75) is 63.1 Å². The molecule has 0 spiro atoms. The van der Waals surface area contributed by atoms with Crippen LogP contribution in [0.3, 0.4) is 0 Å². The maximum atomic E-state index is 13.2. The lowest BCUT2D eigenvalue weighted by Crippen LogP contribution is -2.33. The molecule has 3 unspecified atom stereocenters. The summed E-state index contributed by atoms with van der Waals surface area (Å²) in [6.07, 6.45) is -7.83. The zero-order valence-corrected chi connectivity index (χ0v) is 17.6. The fraction of sp³-hybridized carbons (Fsp3) is 0.458. The summed E-state index contributed by atoms with van der Waals surface area (Å²) in [5, 5.41) is 9.09. The van der Waals surface area contributed by atoms with E-state index in [1.54, 1.807) is 0 Å². The van der Waals surface area contributed by atoms with Crippen molar-refractivity contribution in [3.05, 3.63) is 70.8 Å². The number of carboxylic acid groups (broad SMARTS) is 1. The molecule has 1 saturated carbocycles. The van der Waals surface area contributed by atoms with Crippen LogP contribution in [0.4, 0.5) is 26.3 Å². The van der Waals surface area contributed by atoms with Crippen LogP contribution >= 0.6 is 0 Å². The predicted octanol–water partition coefficient (Wildman–Crippen LogP) is 7.06. The standard InChI is InChI=1S/C24H24F6O3/c25-23(26,27)18-11-15(12-19(13-18)24(28,29)30)14-33-20-8-4-7-17(9-10-21(31)32)22(20)16-5-2-1-3-6-16/h1-3,5-6,11-13,17,20,22H,4,7-10,14H2,(H,31,32). The molecule has 1 N–H and O–H groups in total. The van der Waals surface area contributed by atoms with E-state index < -0.39 is 42.2 Å². The molecule has 3 atom stereocenters. The molecule has 1 aliphatic carbocycles. The van der Waals surface area contributed by atoms with Gasteiger partial charge in [-0.1, -0.05) is 36.8 Å². The van der Waals surface area contributed by atoms with Gasteiger partial charge in [-0.25, -0.2) is 0 Å². The van der Waals surface area contributed by atoms with Gasteiger partial charge in [-0.3, -0.25) is 4.79 Å². The zero-order chi connectivity index (χ0) is 24.2. The van der Waals surface area contributed by atoms with Crippen molar-refractivity contribution < 1.29 is 41.0 Å². The number of rotatable bonds is 7. The number of carboxylic acids is 1. The summed E-state index contributed by atoms with van der Waals surface area (Å²) in [5.74, 6) is -1.14. The quantitative estimate of drug-likeness (QED) is 0.437. The average Bonchev–Trinajstić information content (AvgIpc) is 2.75. The van der Waals surface area contributed by atoms with Gasteiger partial charge in [-0.05, 0) is 54.5 Å². The third-order valence-electron chi connectivity index (χ3n) is 6.00. The Balaban J connectivity index is 1.85. The maximum absolute atomic E-state index is 13.2. The molecule has 0 saturated heterocycles. The summed E-state index contributed by atoms with van der Waals surface area (Å²) in [6, 6.07) is 10.7. The van der Waals surface area contributed by atoms with Gasteiger partial charge in [0.25, 0.3) is 0 Å². The second-order valence-corrected chi connectivity index (χ2v) is 8.32. The van der Waals surface area contributed by atoms with Crippen LogP contribution < -0.4 is 0 Å². The summed E-state index contributed by atoms with van der Waals surface area (Å²) in [5.41, 5.74) is -2.05. The number of aliphatic carboxylic acids is 1. The smallest absolute Gasteiger partial charge is 0.416 e. The second-order valence-electron chi connectivity index (χ2n) is 8.32. The molecule has 33 heavy (non-hydrogen) atoms. The fourth-order valence-electron chi connectivity index (χ4n) is 4.53. The lowest BCUT2D eigenvalue weighted by Gasteiger charge is -2.38. The molecule has 2 aromatic carbocycles. The van der Waals surface area contributed by atoms with E-state index >= 15 is 0 Å². The van der Waals surface area contributed by atoms with Gasteiger partial charge in [-0.2, -0.15) is 26.3 Å². The Kier molecular flexibility index (Phi) is 7.72. The molecule has 0 aromatic heterocycles. The molecule has 3 rings (SSSR count). The number of benzene rings is 2. The minimum atomic E-state index is -4.92. The molecule has 1 fully saturated rings. The third-order valence-corrected chi connectivity index (χ3v) is 6.00. The number of hydrogen-bond acceptors (Lipinski definition) is 2. The Bertz CT molecular complexity index is 907. The first-order valence-corrected chi connectivity index (χ1v) is 10.6. The van der Waals surface area contributed by atoms with Gasteiger partial charge < -0.3 is 9.84 Å². The molecule has 9 heteroatoms. The molecule has 1 aliphatic rings. The van der Waals surface area contributed by atoms with Crippen molar-refractivity contribution in [2.24, 2.45) is 5.92 Å². The Morgan fingerprint density at radius 2 is 1.55 bits per heavy atom. The summed E-state index contributed by atoms with van der Waals surface area (Å²) in [7, 11) is 0. The molecule has 0 aliphatic heterocycles. The lowest BCUT2D eigenvalue weighted by molar-refractivity contribution is -0.143. The highest BCUT2D eigenvalue weighted by Gasteiger charge is 2.38. The van der Waals surface area contributed by atoms with E-state index in [0.717, 1.165) is 18.4 Å². The summed E-state index contributed by atoms with van der Waals surface area (Å²) < 4.78 is 84.9. The minimum Gasteiger partial charge on any atom is -0.481 e. The first-order valence-electron chi connectivity index (χ1n) is 10.6. The van der Waals surface area contributed by atoms with Gasteiger partial charge in [-0.15, -0.1) is 0 Å². The molecular weight excluding hydrogens is 450 g/mol. The van der Waals surface area contributed by atoms with Crippen molar-refractivity contribution in [3.63, 3.8) is 0 Å². The van der Waals surface area contributed by atoms with Crippen LogP contribution in [-0.4, -0.2) is 17.2 Å². The van der Waals surface area contributed by atoms with E-state index in [-0.39, 0.29) is 29.9 Å². The van der Waals surface area contributed by atoms with Gasteiger partial charge in [0.05, 0.1) is 23.8 Å². The van der Waals surface area contributed by atoms with Crippen LogP contribution in [0.1, 0.15) is 60.3 Å². The number of carbonyl (C=O) groups is 1. The second kappa shape index (κ2) is 10.2. The van der Waals surface area contributed by atoms with E-state index in [2.05, 4.69) is 0 Å². The van der Waals surface area contributed by atoms with Crippen LogP contribution in [0.5, 0.6) is 0 Å². The number of hydrogen-bond donors (Lipinski definition) is 1. The van der Waals surface area contributed by atoms with Gasteiger partial charge in [0.2, 0.25) is 0 Å². The number of halogens is 6. The van der Waals surface area contributed by atoms with Crippen LogP contribution in [0.2, 0.25) is 0 Å². The highest BCUT2D eigenvalue weighted by atomic mass is 19.4. The average molecular weight is 474 g/mol. The van der Waals surface area contributed by atoms with Crippen LogP contribution in [0.15, 0.2) is 48.5 Å². The Morgan fingerprint density at radius 3 is 2.09 bits per heavy atom. The Hall–Kier alpha value is -2.55.